The molecular weight excluding hydrogens is 230 g/mol. The molecule has 0 saturated heterocycles. The Balaban J connectivity index is 3.23. The number of benzene rings is 1. The number of nitro benzene ring substituents is 1. The Labute approximate surface area is 95.8 Å². The minimum atomic E-state index is -1.09. The van der Waals surface area contributed by atoms with E-state index in [1.807, 2.05) is 0 Å². The molecule has 0 spiro atoms. The number of hydrogen-bond acceptors (Lipinski definition) is 5. The van der Waals surface area contributed by atoms with Gasteiger partial charge in [0, 0.05) is 6.07 Å². The molecular formula is C10H9NO6. The fourth-order valence-corrected chi connectivity index (χ4v) is 1.30. The van der Waals surface area contributed by atoms with Gasteiger partial charge >= 0.3 is 11.9 Å². The van der Waals surface area contributed by atoms with E-state index < -0.39 is 22.5 Å². The number of ether oxygens (including phenoxy) is 1. The summed E-state index contributed by atoms with van der Waals surface area (Å²) in [6.07, 6.45) is -0.317. The summed E-state index contributed by atoms with van der Waals surface area (Å²) in [7, 11) is 1.09. The average molecular weight is 239 g/mol. The Hall–Kier alpha value is -2.44. The maximum atomic E-state index is 11.3. The molecule has 0 amide bonds. The Morgan fingerprint density at radius 1 is 1.47 bits per heavy atom. The largest absolute Gasteiger partial charge is 0.481 e. The van der Waals surface area contributed by atoms with Crippen molar-refractivity contribution in [3.63, 3.8) is 0 Å². The number of carboxylic acid groups (broad SMARTS) is 1. The highest BCUT2D eigenvalue weighted by molar-refractivity contribution is 5.94. The average Bonchev–Trinajstić information content (AvgIpc) is 2.26. The van der Waals surface area contributed by atoms with Gasteiger partial charge in [-0.15, -0.1) is 0 Å². The first-order chi connectivity index (χ1) is 7.95. The molecule has 0 heterocycles. The van der Waals surface area contributed by atoms with Crippen molar-refractivity contribution >= 4 is 17.6 Å². The second kappa shape index (κ2) is 5.06. The van der Waals surface area contributed by atoms with Crippen LogP contribution in [0.3, 0.4) is 0 Å². The zero-order valence-electron chi connectivity index (χ0n) is 8.87. The molecule has 17 heavy (non-hydrogen) atoms. The molecule has 7 heteroatoms. The van der Waals surface area contributed by atoms with Gasteiger partial charge in [0.25, 0.3) is 5.69 Å². The second-order valence-electron chi connectivity index (χ2n) is 3.17. The van der Waals surface area contributed by atoms with Crippen molar-refractivity contribution in [1.29, 1.82) is 0 Å². The molecule has 0 aliphatic carbocycles. The zero-order valence-corrected chi connectivity index (χ0v) is 8.87. The predicted molar refractivity (Wildman–Crippen MR) is 55.8 cm³/mol. The maximum absolute atomic E-state index is 11.3. The molecule has 0 atom stereocenters. The van der Waals surface area contributed by atoms with Crippen molar-refractivity contribution in [3.05, 3.63) is 39.4 Å². The molecule has 0 fully saturated rings. The third-order valence-electron chi connectivity index (χ3n) is 2.02. The molecule has 0 unspecified atom stereocenters. The number of carbonyl (C=O) groups is 2. The first-order valence-electron chi connectivity index (χ1n) is 4.53. The molecule has 7 nitrogen and oxygen atoms in total. The van der Waals surface area contributed by atoms with Gasteiger partial charge in [0.05, 0.1) is 18.5 Å². The van der Waals surface area contributed by atoms with Crippen LogP contribution in [0.15, 0.2) is 18.2 Å². The van der Waals surface area contributed by atoms with Crippen LogP contribution in [-0.2, 0) is 16.0 Å². The van der Waals surface area contributed by atoms with Crippen molar-refractivity contribution in [1.82, 2.24) is 0 Å². The summed E-state index contributed by atoms with van der Waals surface area (Å²) in [5.74, 6) is -1.96. The number of carbonyl (C=O) groups excluding carboxylic acids is 1. The van der Waals surface area contributed by atoms with Gasteiger partial charge < -0.3 is 9.84 Å². The summed E-state index contributed by atoms with van der Waals surface area (Å²) >= 11 is 0. The minimum absolute atomic E-state index is 0.253. The van der Waals surface area contributed by atoms with Crippen molar-refractivity contribution in [3.8, 4) is 0 Å². The highest BCUT2D eigenvalue weighted by Gasteiger charge is 2.21. The van der Waals surface area contributed by atoms with Gasteiger partial charge in [-0.25, -0.2) is 4.79 Å². The fraction of sp³-hybridized carbons (Fsp3) is 0.200. The van der Waals surface area contributed by atoms with E-state index in [-0.39, 0.29) is 12.0 Å². The van der Waals surface area contributed by atoms with Gasteiger partial charge in [-0.2, -0.15) is 0 Å². The number of carboxylic acids is 1. The Morgan fingerprint density at radius 2 is 2.12 bits per heavy atom. The highest BCUT2D eigenvalue weighted by atomic mass is 16.6. The Bertz CT molecular complexity index is 482. The Kier molecular flexibility index (Phi) is 3.76. The molecule has 0 bridgehead atoms. The van der Waals surface area contributed by atoms with Gasteiger partial charge in [-0.3, -0.25) is 14.9 Å². The SMILES string of the molecule is COC(=O)c1cc(CC(=O)O)ccc1[N+](=O)[O-]. The van der Waals surface area contributed by atoms with Gasteiger partial charge in [0.2, 0.25) is 0 Å². The lowest BCUT2D eigenvalue weighted by molar-refractivity contribution is -0.385. The monoisotopic (exact) mass is 239 g/mol. The topological polar surface area (TPSA) is 107 Å². The maximum Gasteiger partial charge on any atom is 0.344 e. The molecule has 1 N–H and O–H groups in total. The summed E-state index contributed by atoms with van der Waals surface area (Å²) in [6, 6.07) is 3.53. The summed E-state index contributed by atoms with van der Waals surface area (Å²) in [5.41, 5.74) is -0.370. The molecule has 0 radical (unpaired) electrons. The van der Waals surface area contributed by atoms with Crippen molar-refractivity contribution < 1.29 is 24.4 Å². The number of nitrogens with zero attached hydrogens (tertiary/aromatic N) is 1. The summed E-state index contributed by atoms with van der Waals surface area (Å²) < 4.78 is 4.40. The van der Waals surface area contributed by atoms with E-state index in [9.17, 15) is 19.7 Å². The van der Waals surface area contributed by atoms with E-state index in [0.29, 0.717) is 5.56 Å². The van der Waals surface area contributed by atoms with Crippen LogP contribution >= 0.6 is 0 Å². The summed E-state index contributed by atoms with van der Waals surface area (Å²) in [4.78, 5) is 31.7. The van der Waals surface area contributed by atoms with E-state index >= 15 is 0 Å². The number of methoxy groups -OCH3 is 1. The van der Waals surface area contributed by atoms with Crippen LogP contribution in [-0.4, -0.2) is 29.1 Å². The first kappa shape index (κ1) is 12.6. The lowest BCUT2D eigenvalue weighted by atomic mass is 10.1. The summed E-state index contributed by atoms with van der Waals surface area (Å²) in [6.45, 7) is 0. The van der Waals surface area contributed by atoms with Crippen molar-refractivity contribution in [2.75, 3.05) is 7.11 Å². The number of nitro groups is 1. The van der Waals surface area contributed by atoms with Crippen LogP contribution in [0.1, 0.15) is 15.9 Å². The lowest BCUT2D eigenvalue weighted by Crippen LogP contribution is -2.08. The quantitative estimate of drug-likeness (QED) is 0.477. The standard InChI is InChI=1S/C10H9NO6/c1-17-10(14)7-4-6(5-9(12)13)2-3-8(7)11(15)16/h2-4H,5H2,1H3,(H,12,13). The number of aliphatic carboxylic acids is 1. The van der Waals surface area contributed by atoms with E-state index in [4.69, 9.17) is 5.11 Å². The van der Waals surface area contributed by atoms with E-state index in [2.05, 4.69) is 4.74 Å². The van der Waals surface area contributed by atoms with Crippen LogP contribution in [0.2, 0.25) is 0 Å². The van der Waals surface area contributed by atoms with Crippen LogP contribution in [0.25, 0.3) is 0 Å². The third kappa shape index (κ3) is 3.00. The smallest absolute Gasteiger partial charge is 0.344 e. The van der Waals surface area contributed by atoms with E-state index in [1.54, 1.807) is 0 Å². The molecule has 1 aromatic rings. The van der Waals surface area contributed by atoms with E-state index in [1.165, 1.54) is 6.07 Å². The number of rotatable bonds is 4. The molecule has 0 aliphatic rings. The second-order valence-corrected chi connectivity index (χ2v) is 3.17. The third-order valence-corrected chi connectivity index (χ3v) is 2.02. The van der Waals surface area contributed by atoms with Gasteiger partial charge in [0.15, 0.2) is 0 Å². The van der Waals surface area contributed by atoms with Gasteiger partial charge in [0.1, 0.15) is 5.56 Å². The number of hydrogen-bond donors (Lipinski definition) is 1. The van der Waals surface area contributed by atoms with Crippen LogP contribution in [0.4, 0.5) is 5.69 Å². The van der Waals surface area contributed by atoms with Crippen LogP contribution in [0.5, 0.6) is 0 Å². The fourth-order valence-electron chi connectivity index (χ4n) is 1.30. The summed E-state index contributed by atoms with van der Waals surface area (Å²) in [5, 5.41) is 19.2. The predicted octanol–water partition coefficient (Wildman–Crippen LogP) is 1.01. The number of esters is 1. The van der Waals surface area contributed by atoms with Gasteiger partial charge in [-0.1, -0.05) is 6.07 Å². The first-order valence-corrected chi connectivity index (χ1v) is 4.53. The van der Waals surface area contributed by atoms with Gasteiger partial charge in [-0.05, 0) is 11.6 Å². The van der Waals surface area contributed by atoms with Crippen LogP contribution in [0, 0.1) is 10.1 Å². The van der Waals surface area contributed by atoms with E-state index in [0.717, 1.165) is 19.2 Å². The van der Waals surface area contributed by atoms with Crippen LogP contribution < -0.4 is 0 Å². The normalized spacial score (nSPS) is 9.71. The minimum Gasteiger partial charge on any atom is -0.481 e. The lowest BCUT2D eigenvalue weighted by Gasteiger charge is -2.03. The molecule has 1 aromatic carbocycles. The molecule has 0 aliphatic heterocycles. The molecule has 1 rings (SSSR count). The highest BCUT2D eigenvalue weighted by Crippen LogP contribution is 2.21. The molecule has 0 saturated carbocycles. The molecule has 90 valence electrons. The Morgan fingerprint density at radius 3 is 2.59 bits per heavy atom. The molecule has 0 aromatic heterocycles. The van der Waals surface area contributed by atoms with Crippen molar-refractivity contribution in [2.45, 2.75) is 6.42 Å². The van der Waals surface area contributed by atoms with Crippen molar-refractivity contribution in [2.24, 2.45) is 0 Å². The zero-order chi connectivity index (χ0) is 13.0.